The molecule has 1 N–H and O–H groups in total. The molecule has 0 saturated carbocycles. The normalized spacial score (nSPS) is 19.3. The van der Waals surface area contributed by atoms with E-state index >= 15 is 0 Å². The van der Waals surface area contributed by atoms with Gasteiger partial charge in [0, 0.05) is 30.6 Å². The van der Waals surface area contributed by atoms with E-state index in [2.05, 4.69) is 31.1 Å². The van der Waals surface area contributed by atoms with Gasteiger partial charge in [-0.05, 0) is 25.2 Å². The molecule has 0 radical (unpaired) electrons. The molecule has 106 valence electrons. The predicted molar refractivity (Wildman–Crippen MR) is 79.3 cm³/mol. The monoisotopic (exact) mass is 281 g/mol. The number of anilines is 1. The smallest absolute Gasteiger partial charge is 0.222 e. The topological polar surface area (TPSA) is 45.2 Å². The molecule has 0 aliphatic carbocycles. The summed E-state index contributed by atoms with van der Waals surface area (Å²) in [6.07, 6.45) is 4.63. The highest BCUT2D eigenvalue weighted by molar-refractivity contribution is 7.15. The van der Waals surface area contributed by atoms with Crippen LogP contribution in [0.3, 0.4) is 0 Å². The van der Waals surface area contributed by atoms with Gasteiger partial charge >= 0.3 is 0 Å². The number of rotatable bonds is 4. The molecule has 2 heterocycles. The summed E-state index contributed by atoms with van der Waals surface area (Å²) < 4.78 is 0. The predicted octanol–water partition coefficient (Wildman–Crippen LogP) is 3.11. The number of hydrogen-bond donors (Lipinski definition) is 1. The molecule has 1 amide bonds. The SMILES string of the molecule is CCNc1ncc(CN2CCC(C)(C)CCC2=O)s1. The molecular weight excluding hydrogens is 258 g/mol. The van der Waals surface area contributed by atoms with Gasteiger partial charge in [-0.25, -0.2) is 4.98 Å². The van der Waals surface area contributed by atoms with Crippen LogP contribution in [-0.4, -0.2) is 28.9 Å². The highest BCUT2D eigenvalue weighted by Crippen LogP contribution is 2.31. The van der Waals surface area contributed by atoms with Crippen molar-refractivity contribution >= 4 is 22.4 Å². The summed E-state index contributed by atoms with van der Waals surface area (Å²) in [6.45, 7) is 9.00. The Labute approximate surface area is 119 Å². The van der Waals surface area contributed by atoms with Crippen LogP contribution in [0.15, 0.2) is 6.20 Å². The Bertz CT molecular complexity index is 442. The quantitative estimate of drug-likeness (QED) is 0.922. The average Bonchev–Trinajstić information content (AvgIpc) is 2.74. The second-order valence-corrected chi connectivity index (χ2v) is 7.01. The van der Waals surface area contributed by atoms with Gasteiger partial charge in [0.15, 0.2) is 5.13 Å². The molecule has 0 aromatic carbocycles. The van der Waals surface area contributed by atoms with Gasteiger partial charge in [0.1, 0.15) is 0 Å². The van der Waals surface area contributed by atoms with Crippen molar-refractivity contribution in [2.24, 2.45) is 5.41 Å². The van der Waals surface area contributed by atoms with E-state index in [0.717, 1.165) is 35.9 Å². The third kappa shape index (κ3) is 3.93. The molecule has 0 unspecified atom stereocenters. The third-order valence-corrected chi connectivity index (χ3v) is 4.59. The van der Waals surface area contributed by atoms with Crippen LogP contribution in [0.4, 0.5) is 5.13 Å². The second kappa shape index (κ2) is 5.90. The Balaban J connectivity index is 1.98. The van der Waals surface area contributed by atoms with Crippen molar-refractivity contribution in [3.8, 4) is 0 Å². The number of thiazole rings is 1. The molecule has 1 aromatic heterocycles. The number of nitrogens with zero attached hydrogens (tertiary/aromatic N) is 2. The molecule has 1 aliphatic heterocycles. The maximum absolute atomic E-state index is 12.1. The summed E-state index contributed by atoms with van der Waals surface area (Å²) in [4.78, 5) is 19.6. The van der Waals surface area contributed by atoms with Gasteiger partial charge in [-0.3, -0.25) is 4.79 Å². The van der Waals surface area contributed by atoms with Crippen LogP contribution in [-0.2, 0) is 11.3 Å². The minimum absolute atomic E-state index is 0.281. The molecule has 4 nitrogen and oxygen atoms in total. The fourth-order valence-corrected chi connectivity index (χ4v) is 3.16. The van der Waals surface area contributed by atoms with E-state index in [1.54, 1.807) is 11.3 Å². The molecule has 1 aliphatic rings. The summed E-state index contributed by atoms with van der Waals surface area (Å²) in [6, 6.07) is 0. The lowest BCUT2D eigenvalue weighted by atomic mass is 9.85. The van der Waals surface area contributed by atoms with Crippen molar-refractivity contribution in [2.75, 3.05) is 18.4 Å². The van der Waals surface area contributed by atoms with E-state index in [4.69, 9.17) is 0 Å². The van der Waals surface area contributed by atoms with E-state index < -0.39 is 0 Å². The molecule has 5 heteroatoms. The second-order valence-electron chi connectivity index (χ2n) is 5.89. The molecule has 1 saturated heterocycles. The molecule has 1 aromatic rings. The Morgan fingerprint density at radius 3 is 3.00 bits per heavy atom. The fraction of sp³-hybridized carbons (Fsp3) is 0.714. The van der Waals surface area contributed by atoms with Crippen molar-refractivity contribution < 1.29 is 4.79 Å². The first-order valence-electron chi connectivity index (χ1n) is 6.96. The summed E-state index contributed by atoms with van der Waals surface area (Å²) in [5, 5.41) is 4.15. The van der Waals surface area contributed by atoms with E-state index in [1.807, 2.05) is 11.1 Å². The van der Waals surface area contributed by atoms with Crippen molar-refractivity contribution in [2.45, 2.75) is 46.6 Å². The fourth-order valence-electron chi connectivity index (χ4n) is 2.26. The number of aromatic nitrogens is 1. The van der Waals surface area contributed by atoms with Crippen molar-refractivity contribution in [1.82, 2.24) is 9.88 Å². The Kier molecular flexibility index (Phi) is 4.45. The number of nitrogens with one attached hydrogen (secondary N) is 1. The van der Waals surface area contributed by atoms with Crippen LogP contribution in [0, 0.1) is 5.41 Å². The third-order valence-electron chi connectivity index (χ3n) is 3.66. The zero-order valence-corrected chi connectivity index (χ0v) is 12.8. The first-order valence-corrected chi connectivity index (χ1v) is 7.78. The largest absolute Gasteiger partial charge is 0.362 e. The Hall–Kier alpha value is -1.10. The lowest BCUT2D eigenvalue weighted by Gasteiger charge is -2.22. The minimum Gasteiger partial charge on any atom is -0.362 e. The van der Waals surface area contributed by atoms with Crippen LogP contribution >= 0.6 is 11.3 Å². The average molecular weight is 281 g/mol. The summed E-state index contributed by atoms with van der Waals surface area (Å²) >= 11 is 1.64. The minimum atomic E-state index is 0.281. The van der Waals surface area contributed by atoms with Crippen LogP contribution in [0.5, 0.6) is 0 Å². The maximum atomic E-state index is 12.1. The lowest BCUT2D eigenvalue weighted by molar-refractivity contribution is -0.131. The van der Waals surface area contributed by atoms with E-state index in [-0.39, 0.29) is 11.3 Å². The van der Waals surface area contributed by atoms with Gasteiger partial charge in [0.2, 0.25) is 5.91 Å². The van der Waals surface area contributed by atoms with Crippen LogP contribution in [0.2, 0.25) is 0 Å². The first kappa shape index (κ1) is 14.3. The van der Waals surface area contributed by atoms with Gasteiger partial charge in [-0.2, -0.15) is 0 Å². The standard InChI is InChI=1S/C14H23N3OS/c1-4-15-13-16-9-11(19-13)10-17-8-7-14(2,3)6-5-12(17)18/h9H,4-8,10H2,1-3H3,(H,15,16). The summed E-state index contributed by atoms with van der Waals surface area (Å²) in [5.41, 5.74) is 0.285. The molecule has 19 heavy (non-hydrogen) atoms. The highest BCUT2D eigenvalue weighted by atomic mass is 32.1. The van der Waals surface area contributed by atoms with Gasteiger partial charge in [0.05, 0.1) is 6.54 Å². The molecule has 1 fully saturated rings. The maximum Gasteiger partial charge on any atom is 0.222 e. The Morgan fingerprint density at radius 1 is 1.47 bits per heavy atom. The van der Waals surface area contributed by atoms with Gasteiger partial charge in [-0.1, -0.05) is 13.8 Å². The molecule has 0 bridgehead atoms. The summed E-state index contributed by atoms with van der Waals surface area (Å²) in [5.74, 6) is 0.281. The first-order chi connectivity index (χ1) is 9.00. The van der Waals surface area contributed by atoms with Crippen molar-refractivity contribution in [3.05, 3.63) is 11.1 Å². The number of likely N-dealkylation sites (tertiary alicyclic amines) is 1. The summed E-state index contributed by atoms with van der Waals surface area (Å²) in [7, 11) is 0. The van der Waals surface area contributed by atoms with Crippen LogP contribution < -0.4 is 5.32 Å². The van der Waals surface area contributed by atoms with Crippen LogP contribution in [0.25, 0.3) is 0 Å². The van der Waals surface area contributed by atoms with E-state index in [1.165, 1.54) is 0 Å². The van der Waals surface area contributed by atoms with Gasteiger partial charge < -0.3 is 10.2 Å². The molecule has 0 spiro atoms. The number of carbonyl (C=O) groups is 1. The zero-order chi connectivity index (χ0) is 13.9. The molecule has 2 rings (SSSR count). The van der Waals surface area contributed by atoms with E-state index in [0.29, 0.717) is 13.0 Å². The number of hydrogen-bond acceptors (Lipinski definition) is 4. The van der Waals surface area contributed by atoms with Crippen molar-refractivity contribution in [3.63, 3.8) is 0 Å². The van der Waals surface area contributed by atoms with E-state index in [9.17, 15) is 4.79 Å². The molecular formula is C14H23N3OS. The van der Waals surface area contributed by atoms with Gasteiger partial charge in [0.25, 0.3) is 0 Å². The molecule has 0 atom stereocenters. The number of amides is 1. The number of carbonyl (C=O) groups excluding carboxylic acids is 1. The Morgan fingerprint density at radius 2 is 2.26 bits per heavy atom. The van der Waals surface area contributed by atoms with Crippen LogP contribution in [0.1, 0.15) is 44.9 Å². The highest BCUT2D eigenvalue weighted by Gasteiger charge is 2.27. The zero-order valence-electron chi connectivity index (χ0n) is 12.0. The van der Waals surface area contributed by atoms with Gasteiger partial charge in [-0.15, -0.1) is 11.3 Å². The van der Waals surface area contributed by atoms with Crippen molar-refractivity contribution in [1.29, 1.82) is 0 Å². The lowest BCUT2D eigenvalue weighted by Crippen LogP contribution is -2.29.